The van der Waals surface area contributed by atoms with E-state index >= 15 is 0 Å². The van der Waals surface area contributed by atoms with Crippen molar-refractivity contribution in [2.75, 3.05) is 17.4 Å². The lowest BCUT2D eigenvalue weighted by molar-refractivity contribution is -0.139. The molecule has 0 saturated heterocycles. The van der Waals surface area contributed by atoms with E-state index < -0.39 is 28.5 Å². The summed E-state index contributed by atoms with van der Waals surface area (Å²) in [6.07, 6.45) is 1.71. The van der Waals surface area contributed by atoms with E-state index in [0.717, 1.165) is 22.7 Å². The molecule has 1 N–H and O–H groups in total. The summed E-state index contributed by atoms with van der Waals surface area (Å²) in [5.74, 6) is -0.867. The highest BCUT2D eigenvalue weighted by atomic mass is 35.5. The first-order valence-corrected chi connectivity index (χ1v) is 15.3. The van der Waals surface area contributed by atoms with Crippen LogP contribution in [0.25, 0.3) is 0 Å². The van der Waals surface area contributed by atoms with Crippen molar-refractivity contribution >= 4 is 50.7 Å². The standard InChI is InChI=1S/C30H35Cl2N3O4S/c1-5-6-17-33-30(37)23(4)34(19-24-13-16-26(31)27(32)18-24)29(36)20-35(28-10-8-7-9-22(28)3)40(38,39)25-14-11-21(2)12-15-25/h7-16,18,23H,5-6,17,19-20H2,1-4H3,(H,33,37)/t23-/m0/s1. The van der Waals surface area contributed by atoms with Crippen LogP contribution in [0, 0.1) is 13.8 Å². The Balaban J connectivity index is 2.02. The first-order chi connectivity index (χ1) is 18.9. The number of nitrogens with one attached hydrogen (secondary N) is 1. The van der Waals surface area contributed by atoms with Gasteiger partial charge in [0.15, 0.2) is 0 Å². The Labute approximate surface area is 247 Å². The van der Waals surface area contributed by atoms with Gasteiger partial charge >= 0.3 is 0 Å². The molecule has 0 heterocycles. The van der Waals surface area contributed by atoms with Crippen LogP contribution in [-0.4, -0.2) is 44.3 Å². The Hall–Kier alpha value is -3.07. The van der Waals surface area contributed by atoms with E-state index in [2.05, 4.69) is 5.32 Å². The number of sulfonamides is 1. The highest BCUT2D eigenvalue weighted by molar-refractivity contribution is 7.92. The summed E-state index contributed by atoms with van der Waals surface area (Å²) < 4.78 is 28.9. The molecule has 3 rings (SSSR count). The Kier molecular flexibility index (Phi) is 11.0. The van der Waals surface area contributed by atoms with Gasteiger partial charge in [0.25, 0.3) is 10.0 Å². The van der Waals surface area contributed by atoms with Crippen LogP contribution in [0.3, 0.4) is 0 Å². The molecule has 0 aromatic heterocycles. The zero-order chi connectivity index (χ0) is 29.4. The molecule has 0 aliphatic rings. The summed E-state index contributed by atoms with van der Waals surface area (Å²) in [6, 6.07) is 17.6. The number of carbonyl (C=O) groups excluding carboxylic acids is 2. The van der Waals surface area contributed by atoms with E-state index in [9.17, 15) is 18.0 Å². The lowest BCUT2D eigenvalue weighted by Crippen LogP contribution is -2.51. The minimum absolute atomic E-state index is 0.0320. The Morgan fingerprint density at radius 2 is 1.62 bits per heavy atom. The van der Waals surface area contributed by atoms with Gasteiger partial charge in [0.1, 0.15) is 12.6 Å². The Morgan fingerprint density at radius 1 is 0.950 bits per heavy atom. The van der Waals surface area contributed by atoms with Crippen LogP contribution >= 0.6 is 23.2 Å². The number of rotatable bonds is 12. The van der Waals surface area contributed by atoms with Crippen LogP contribution in [0.4, 0.5) is 5.69 Å². The molecular formula is C30H35Cl2N3O4S. The molecule has 0 spiro atoms. The van der Waals surface area contributed by atoms with Crippen molar-refractivity contribution in [3.63, 3.8) is 0 Å². The van der Waals surface area contributed by atoms with Gasteiger partial charge < -0.3 is 10.2 Å². The minimum Gasteiger partial charge on any atom is -0.354 e. The van der Waals surface area contributed by atoms with Crippen LogP contribution < -0.4 is 9.62 Å². The number of para-hydroxylation sites is 1. The molecule has 1 atom stereocenters. The molecule has 2 amide bonds. The van der Waals surface area contributed by atoms with E-state index in [-0.39, 0.29) is 17.3 Å². The van der Waals surface area contributed by atoms with Crippen LogP contribution in [0.2, 0.25) is 10.0 Å². The van der Waals surface area contributed by atoms with Gasteiger partial charge in [-0.15, -0.1) is 0 Å². The maximum absolute atomic E-state index is 14.0. The molecule has 0 fully saturated rings. The Morgan fingerprint density at radius 3 is 2.25 bits per heavy atom. The molecule has 7 nitrogen and oxygen atoms in total. The molecule has 40 heavy (non-hydrogen) atoms. The molecule has 0 aliphatic heterocycles. The summed E-state index contributed by atoms with van der Waals surface area (Å²) in [4.78, 5) is 28.5. The zero-order valence-electron chi connectivity index (χ0n) is 23.2. The van der Waals surface area contributed by atoms with Crippen molar-refractivity contribution in [3.05, 3.63) is 93.5 Å². The predicted octanol–water partition coefficient (Wildman–Crippen LogP) is 6.14. The number of anilines is 1. The topological polar surface area (TPSA) is 86.8 Å². The van der Waals surface area contributed by atoms with Crippen LogP contribution in [0.1, 0.15) is 43.4 Å². The monoisotopic (exact) mass is 603 g/mol. The van der Waals surface area contributed by atoms with Crippen molar-refractivity contribution < 1.29 is 18.0 Å². The van der Waals surface area contributed by atoms with Gasteiger partial charge in [-0.2, -0.15) is 0 Å². The maximum atomic E-state index is 14.0. The quantitative estimate of drug-likeness (QED) is 0.252. The molecular weight excluding hydrogens is 569 g/mol. The average molecular weight is 605 g/mol. The number of carbonyl (C=O) groups is 2. The molecule has 0 saturated carbocycles. The molecule has 0 bridgehead atoms. The summed E-state index contributed by atoms with van der Waals surface area (Å²) in [6.45, 7) is 7.31. The van der Waals surface area contributed by atoms with Gasteiger partial charge in [-0.1, -0.05) is 78.5 Å². The second-order valence-electron chi connectivity index (χ2n) is 9.70. The number of amides is 2. The number of benzene rings is 3. The lowest BCUT2D eigenvalue weighted by atomic mass is 10.1. The summed E-state index contributed by atoms with van der Waals surface area (Å²) in [5.41, 5.74) is 2.63. The molecule has 0 aliphatic carbocycles. The number of aryl methyl sites for hydroxylation is 2. The van der Waals surface area contributed by atoms with E-state index in [4.69, 9.17) is 23.2 Å². The average Bonchev–Trinajstić information content (AvgIpc) is 2.92. The van der Waals surface area contributed by atoms with Gasteiger partial charge in [-0.25, -0.2) is 8.42 Å². The lowest BCUT2D eigenvalue weighted by Gasteiger charge is -2.32. The van der Waals surface area contributed by atoms with Crippen LogP contribution in [-0.2, 0) is 26.2 Å². The Bertz CT molecular complexity index is 1450. The van der Waals surface area contributed by atoms with Crippen molar-refractivity contribution in [1.29, 1.82) is 0 Å². The van der Waals surface area contributed by atoms with E-state index in [1.807, 2.05) is 13.8 Å². The fourth-order valence-corrected chi connectivity index (χ4v) is 5.95. The normalized spacial score (nSPS) is 12.1. The van der Waals surface area contributed by atoms with Crippen molar-refractivity contribution in [3.8, 4) is 0 Å². The highest BCUT2D eigenvalue weighted by Crippen LogP contribution is 2.28. The number of unbranched alkanes of at least 4 members (excludes halogenated alkanes) is 1. The van der Waals surface area contributed by atoms with E-state index in [1.165, 1.54) is 17.0 Å². The molecule has 3 aromatic rings. The van der Waals surface area contributed by atoms with Gasteiger partial charge in [-0.05, 0) is 68.7 Å². The predicted molar refractivity (Wildman–Crippen MR) is 161 cm³/mol. The molecule has 214 valence electrons. The SMILES string of the molecule is CCCCNC(=O)[C@H](C)N(Cc1ccc(Cl)c(Cl)c1)C(=O)CN(c1ccccc1C)S(=O)(=O)c1ccc(C)cc1. The fraction of sp³-hybridized carbons (Fsp3) is 0.333. The second kappa shape index (κ2) is 14.0. The van der Waals surface area contributed by atoms with Crippen molar-refractivity contribution in [2.45, 2.75) is 58.0 Å². The molecule has 0 unspecified atom stereocenters. The number of nitrogens with zero attached hydrogens (tertiary/aromatic N) is 2. The van der Waals surface area contributed by atoms with Crippen molar-refractivity contribution in [2.24, 2.45) is 0 Å². The minimum atomic E-state index is -4.12. The first kappa shape index (κ1) is 31.5. The summed E-state index contributed by atoms with van der Waals surface area (Å²) >= 11 is 12.3. The maximum Gasteiger partial charge on any atom is 0.264 e. The van der Waals surface area contributed by atoms with Crippen LogP contribution in [0.15, 0.2) is 71.6 Å². The molecule has 3 aromatic carbocycles. The third kappa shape index (κ3) is 7.77. The summed E-state index contributed by atoms with van der Waals surface area (Å²) in [5, 5.41) is 3.55. The van der Waals surface area contributed by atoms with Gasteiger partial charge in [0.05, 0.1) is 20.6 Å². The molecule has 10 heteroatoms. The van der Waals surface area contributed by atoms with Gasteiger partial charge in [-0.3, -0.25) is 13.9 Å². The van der Waals surface area contributed by atoms with Crippen molar-refractivity contribution in [1.82, 2.24) is 10.2 Å². The largest absolute Gasteiger partial charge is 0.354 e. The smallest absolute Gasteiger partial charge is 0.264 e. The first-order valence-electron chi connectivity index (χ1n) is 13.1. The fourth-order valence-electron chi connectivity index (χ4n) is 4.15. The van der Waals surface area contributed by atoms with Gasteiger partial charge in [0, 0.05) is 13.1 Å². The van der Waals surface area contributed by atoms with Gasteiger partial charge in [0.2, 0.25) is 11.8 Å². The highest BCUT2D eigenvalue weighted by Gasteiger charge is 2.33. The second-order valence-corrected chi connectivity index (χ2v) is 12.4. The number of halogens is 2. The summed E-state index contributed by atoms with van der Waals surface area (Å²) in [7, 11) is -4.12. The van der Waals surface area contributed by atoms with Crippen LogP contribution in [0.5, 0.6) is 0 Å². The number of hydrogen-bond acceptors (Lipinski definition) is 4. The third-order valence-electron chi connectivity index (χ3n) is 6.61. The van der Waals surface area contributed by atoms with E-state index in [0.29, 0.717) is 33.4 Å². The molecule has 0 radical (unpaired) electrons. The number of hydrogen-bond donors (Lipinski definition) is 1. The third-order valence-corrected chi connectivity index (χ3v) is 9.12. The van der Waals surface area contributed by atoms with E-state index in [1.54, 1.807) is 68.4 Å². The zero-order valence-corrected chi connectivity index (χ0v) is 25.5.